The minimum Gasteiger partial charge on any atom is -0.348 e. The second-order valence-electron chi connectivity index (χ2n) is 5.06. The summed E-state index contributed by atoms with van der Waals surface area (Å²) in [5.41, 5.74) is 0.723. The molecular weight excluding hydrogens is 273 g/mol. The molecule has 0 bridgehead atoms. The molecule has 2 unspecified atom stereocenters. The molecule has 9 heteroatoms. The Balaban J connectivity index is 2.84. The van der Waals surface area contributed by atoms with Gasteiger partial charge in [-0.15, -0.1) is 0 Å². The minimum absolute atomic E-state index is 0.0784. The summed E-state index contributed by atoms with van der Waals surface area (Å²) >= 11 is 0. The third kappa shape index (κ3) is 2.94. The van der Waals surface area contributed by atoms with E-state index >= 15 is 0 Å². The summed E-state index contributed by atoms with van der Waals surface area (Å²) in [5, 5.41) is 2.09. The van der Waals surface area contributed by atoms with E-state index in [9.17, 15) is 26.4 Å². The van der Waals surface area contributed by atoms with Crippen molar-refractivity contribution < 1.29 is 26.4 Å². The van der Waals surface area contributed by atoms with Gasteiger partial charge in [0.1, 0.15) is 0 Å². The maximum absolute atomic E-state index is 12.5. The first-order chi connectivity index (χ1) is 7.79. The van der Waals surface area contributed by atoms with Crippen molar-refractivity contribution in [2.45, 2.75) is 37.5 Å². The molecule has 1 amide bonds. The first-order valence-corrected chi connectivity index (χ1v) is 7.00. The Kier molecular flexibility index (Phi) is 3.46. The Morgan fingerprint density at radius 2 is 1.89 bits per heavy atom. The zero-order valence-electron chi connectivity index (χ0n) is 9.97. The first kappa shape index (κ1) is 15.2. The van der Waals surface area contributed by atoms with Gasteiger partial charge < -0.3 is 11.1 Å². The zero-order valence-corrected chi connectivity index (χ0v) is 10.8. The number of halogens is 3. The van der Waals surface area contributed by atoms with Crippen molar-refractivity contribution >= 4 is 15.7 Å². The monoisotopic (exact) mass is 288 g/mol. The summed E-state index contributed by atoms with van der Waals surface area (Å²) < 4.78 is 60.1. The van der Waals surface area contributed by atoms with Crippen LogP contribution in [0.1, 0.15) is 20.3 Å². The van der Waals surface area contributed by atoms with Crippen molar-refractivity contribution in [3.8, 4) is 0 Å². The number of rotatable bonds is 2. The Labute approximate surface area is 103 Å². The molecule has 0 radical (unpaired) electrons. The highest BCUT2D eigenvalue weighted by molar-refractivity contribution is 7.91. The lowest BCUT2D eigenvalue weighted by Gasteiger charge is -2.31. The van der Waals surface area contributed by atoms with E-state index < -0.39 is 33.0 Å². The molecule has 1 aliphatic rings. The molecule has 1 saturated heterocycles. The molecule has 0 aromatic heterocycles. The number of hydrogen-bond donors (Lipinski definition) is 2. The van der Waals surface area contributed by atoms with E-state index in [1.807, 2.05) is 0 Å². The Bertz CT molecular complexity index is 458. The molecule has 5 nitrogen and oxygen atoms in total. The largest absolute Gasteiger partial charge is 0.415 e. The third-order valence-corrected chi connectivity index (χ3v) is 4.88. The number of nitrogens with one attached hydrogen (secondary N) is 1. The van der Waals surface area contributed by atoms with Crippen LogP contribution < -0.4 is 11.1 Å². The summed E-state index contributed by atoms with van der Waals surface area (Å²) in [5.74, 6) is -1.95. The molecule has 0 aromatic rings. The fraction of sp³-hybridized carbons (Fsp3) is 0.889. The van der Waals surface area contributed by atoms with Crippen molar-refractivity contribution in [1.29, 1.82) is 0 Å². The van der Waals surface area contributed by atoms with Crippen LogP contribution in [-0.4, -0.2) is 43.1 Å². The summed E-state index contributed by atoms with van der Waals surface area (Å²) in [6.45, 7) is 1.94. The van der Waals surface area contributed by atoms with E-state index in [0.29, 0.717) is 6.92 Å². The van der Waals surface area contributed by atoms with Gasteiger partial charge in [0.25, 0.3) is 0 Å². The van der Waals surface area contributed by atoms with Crippen molar-refractivity contribution in [3.63, 3.8) is 0 Å². The number of nitrogens with two attached hydrogens (primary N) is 1. The maximum atomic E-state index is 12.5. The Morgan fingerprint density at radius 1 is 1.39 bits per heavy atom. The molecule has 1 aliphatic heterocycles. The average molecular weight is 288 g/mol. The number of amides is 1. The number of carbonyl (C=O) groups excluding carboxylic acids is 1. The number of alkyl halides is 3. The van der Waals surface area contributed by atoms with Crippen LogP contribution in [-0.2, 0) is 14.6 Å². The summed E-state index contributed by atoms with van der Waals surface area (Å²) in [6.07, 6.45) is -4.82. The van der Waals surface area contributed by atoms with Crippen LogP contribution >= 0.6 is 0 Å². The van der Waals surface area contributed by atoms with Gasteiger partial charge in [-0.05, 0) is 20.3 Å². The molecule has 1 rings (SSSR count). The van der Waals surface area contributed by atoms with E-state index in [2.05, 4.69) is 5.32 Å². The van der Waals surface area contributed by atoms with Crippen LogP contribution in [0.2, 0.25) is 0 Å². The Hall–Kier alpha value is -0.830. The van der Waals surface area contributed by atoms with Gasteiger partial charge in [-0.2, -0.15) is 13.2 Å². The molecule has 2 atom stereocenters. The van der Waals surface area contributed by atoms with Crippen LogP contribution in [0.15, 0.2) is 0 Å². The van der Waals surface area contributed by atoms with Crippen LogP contribution in [0, 0.1) is 0 Å². The molecule has 3 N–H and O–H groups in total. The minimum atomic E-state index is -4.90. The van der Waals surface area contributed by atoms with E-state index in [1.54, 1.807) is 0 Å². The fourth-order valence-corrected chi connectivity index (χ4v) is 3.73. The quantitative estimate of drug-likeness (QED) is 0.746. The van der Waals surface area contributed by atoms with E-state index in [0.717, 1.165) is 0 Å². The van der Waals surface area contributed by atoms with Crippen LogP contribution in [0.3, 0.4) is 0 Å². The second-order valence-corrected chi connectivity index (χ2v) is 7.24. The topological polar surface area (TPSA) is 89.3 Å². The SMILES string of the molecule is CC1(NC(=O)C(C)(N)C(F)(F)F)CCS(=O)(=O)C1. The van der Waals surface area contributed by atoms with Gasteiger partial charge in [0, 0.05) is 0 Å². The third-order valence-electron chi connectivity index (χ3n) is 2.98. The molecule has 1 heterocycles. The number of carbonyl (C=O) groups is 1. The highest BCUT2D eigenvalue weighted by Gasteiger charge is 2.55. The van der Waals surface area contributed by atoms with Gasteiger partial charge in [-0.3, -0.25) is 4.79 Å². The van der Waals surface area contributed by atoms with Gasteiger partial charge in [-0.1, -0.05) is 0 Å². The number of sulfone groups is 1. The molecule has 18 heavy (non-hydrogen) atoms. The molecule has 106 valence electrons. The summed E-state index contributed by atoms with van der Waals surface area (Å²) in [4.78, 5) is 11.5. The molecule has 1 fully saturated rings. The van der Waals surface area contributed by atoms with Crippen LogP contribution in [0.25, 0.3) is 0 Å². The first-order valence-electron chi connectivity index (χ1n) is 5.18. The fourth-order valence-electron chi connectivity index (χ4n) is 1.64. The van der Waals surface area contributed by atoms with Crippen molar-refractivity contribution in [3.05, 3.63) is 0 Å². The molecule has 0 aromatic carbocycles. The number of hydrogen-bond acceptors (Lipinski definition) is 4. The van der Waals surface area contributed by atoms with Crippen molar-refractivity contribution in [2.75, 3.05) is 11.5 Å². The lowest BCUT2D eigenvalue weighted by molar-refractivity contribution is -0.188. The summed E-state index contributed by atoms with van der Waals surface area (Å²) in [6, 6.07) is 0. The summed E-state index contributed by atoms with van der Waals surface area (Å²) in [7, 11) is -3.32. The van der Waals surface area contributed by atoms with E-state index in [1.165, 1.54) is 6.92 Å². The van der Waals surface area contributed by atoms with Crippen molar-refractivity contribution in [1.82, 2.24) is 5.32 Å². The zero-order chi connectivity index (χ0) is 14.4. The normalized spacial score (nSPS) is 30.8. The molecular formula is C9H15F3N2O3S. The molecule has 0 aliphatic carbocycles. The standard InChI is InChI=1S/C9H15F3N2O3S/c1-7(3-4-18(16,17)5-7)14-6(15)8(2,13)9(10,11)12/h3-5,13H2,1-2H3,(H,14,15). The maximum Gasteiger partial charge on any atom is 0.415 e. The lowest BCUT2D eigenvalue weighted by Crippen LogP contribution is -2.65. The lowest BCUT2D eigenvalue weighted by atomic mass is 9.97. The van der Waals surface area contributed by atoms with E-state index in [4.69, 9.17) is 5.73 Å². The molecule has 0 spiro atoms. The van der Waals surface area contributed by atoms with Gasteiger partial charge >= 0.3 is 6.18 Å². The van der Waals surface area contributed by atoms with Gasteiger partial charge in [0.05, 0.1) is 17.0 Å². The van der Waals surface area contributed by atoms with Gasteiger partial charge in [0.2, 0.25) is 5.91 Å². The predicted octanol–water partition coefficient (Wildman–Crippen LogP) is -0.0405. The van der Waals surface area contributed by atoms with Gasteiger partial charge in [0.15, 0.2) is 15.4 Å². The Morgan fingerprint density at radius 3 is 2.22 bits per heavy atom. The molecule has 0 saturated carbocycles. The predicted molar refractivity (Wildman–Crippen MR) is 58.5 cm³/mol. The van der Waals surface area contributed by atoms with E-state index in [-0.39, 0.29) is 17.9 Å². The second kappa shape index (κ2) is 4.09. The van der Waals surface area contributed by atoms with Crippen LogP contribution in [0.5, 0.6) is 0 Å². The average Bonchev–Trinajstić information content (AvgIpc) is 2.38. The highest BCUT2D eigenvalue weighted by Crippen LogP contribution is 2.30. The van der Waals surface area contributed by atoms with Gasteiger partial charge in [-0.25, -0.2) is 8.42 Å². The smallest absolute Gasteiger partial charge is 0.348 e. The van der Waals surface area contributed by atoms with Crippen LogP contribution in [0.4, 0.5) is 13.2 Å². The highest BCUT2D eigenvalue weighted by atomic mass is 32.2. The van der Waals surface area contributed by atoms with Crippen molar-refractivity contribution in [2.24, 2.45) is 5.73 Å².